The summed E-state index contributed by atoms with van der Waals surface area (Å²) in [6.07, 6.45) is 1.23. The predicted molar refractivity (Wildman–Crippen MR) is 72.0 cm³/mol. The average Bonchev–Trinajstić information content (AvgIpc) is 2.40. The lowest BCUT2D eigenvalue weighted by Gasteiger charge is -2.60. The molecule has 5 atom stereocenters. The zero-order valence-corrected chi connectivity index (χ0v) is 12.1. The zero-order valence-electron chi connectivity index (χ0n) is 12.1. The van der Waals surface area contributed by atoms with Crippen LogP contribution in [0.3, 0.4) is 0 Å². The standard InChI is InChI=1S/C12H28N4O2/c1-6-11(14-4)8-9(17)10(13-3)12(7-2,15-5)16(11)18/h9-10,13-17H,6-8H2,1-5H3. The molecule has 1 aliphatic heterocycles. The first kappa shape index (κ1) is 15.8. The third kappa shape index (κ3) is 2.07. The van der Waals surface area contributed by atoms with Crippen molar-refractivity contribution < 1.29 is 10.2 Å². The van der Waals surface area contributed by atoms with Gasteiger partial charge in [-0.05, 0) is 21.1 Å². The fourth-order valence-electron chi connectivity index (χ4n) is 3.43. The van der Waals surface area contributed by atoms with Crippen LogP contribution in [0.2, 0.25) is 0 Å². The third-order valence-electron chi connectivity index (χ3n) is 4.71. The Labute approximate surface area is 110 Å². The van der Waals surface area contributed by atoms with Gasteiger partial charge in [0.2, 0.25) is 0 Å². The maximum absolute atomic E-state index is 12.9. The van der Waals surface area contributed by atoms with Gasteiger partial charge in [-0.15, -0.1) is 0 Å². The van der Waals surface area contributed by atoms with Gasteiger partial charge in [-0.25, -0.2) is 0 Å². The number of hydrogen-bond donors (Lipinski definition) is 5. The monoisotopic (exact) mass is 260 g/mol. The molecule has 0 amide bonds. The molecule has 108 valence electrons. The normalized spacial score (nSPS) is 45.2. The second kappa shape index (κ2) is 5.81. The second-order valence-corrected chi connectivity index (χ2v) is 5.13. The van der Waals surface area contributed by atoms with Crippen molar-refractivity contribution in [1.29, 1.82) is 0 Å². The summed E-state index contributed by atoms with van der Waals surface area (Å²) in [5.41, 5.74) is -1.35. The van der Waals surface area contributed by atoms with Gasteiger partial charge in [0, 0.05) is 19.3 Å². The summed E-state index contributed by atoms with van der Waals surface area (Å²) in [6.45, 7) is 3.96. The van der Waals surface area contributed by atoms with Crippen molar-refractivity contribution in [2.24, 2.45) is 0 Å². The minimum absolute atomic E-state index is 0.148. The van der Waals surface area contributed by atoms with Crippen molar-refractivity contribution in [2.75, 3.05) is 21.1 Å². The van der Waals surface area contributed by atoms with E-state index in [4.69, 9.17) is 0 Å². The van der Waals surface area contributed by atoms with E-state index in [1.807, 2.05) is 13.8 Å². The number of hydroxylamine groups is 2. The molecule has 5 N–H and O–H groups in total. The first-order valence-corrected chi connectivity index (χ1v) is 6.76. The fraction of sp³-hybridized carbons (Fsp3) is 1.00. The summed E-state index contributed by atoms with van der Waals surface area (Å²) < 4.78 is 0. The number of aliphatic hydroxyl groups is 1. The third-order valence-corrected chi connectivity index (χ3v) is 4.71. The molecule has 1 aliphatic rings. The van der Waals surface area contributed by atoms with Crippen molar-refractivity contribution in [1.82, 2.24) is 16.0 Å². The number of likely N-dealkylation sites (N-methyl/N-ethyl adjacent to an activating group) is 2. The molecular formula is C12H28N4O2. The topological polar surface area (TPSA) is 83.8 Å². The molecule has 0 spiro atoms. The van der Waals surface area contributed by atoms with Gasteiger partial charge in [-0.1, -0.05) is 13.8 Å². The Kier molecular flexibility index (Phi) is 5.11. The first-order valence-electron chi connectivity index (χ1n) is 6.76. The molecule has 6 nitrogen and oxygen atoms in total. The number of piperidine rings is 1. The van der Waals surface area contributed by atoms with Crippen LogP contribution in [0.15, 0.2) is 0 Å². The van der Waals surface area contributed by atoms with Gasteiger partial charge in [-0.3, -0.25) is 10.6 Å². The lowest BCUT2D eigenvalue weighted by molar-refractivity contribution is -0.974. The van der Waals surface area contributed by atoms with Gasteiger partial charge in [0.05, 0.1) is 6.10 Å². The van der Waals surface area contributed by atoms with Gasteiger partial charge in [-0.2, -0.15) is 0 Å². The van der Waals surface area contributed by atoms with Crippen molar-refractivity contribution >= 4 is 0 Å². The predicted octanol–water partition coefficient (Wildman–Crippen LogP) is -1.63. The van der Waals surface area contributed by atoms with Crippen LogP contribution in [0.25, 0.3) is 0 Å². The molecule has 1 saturated heterocycles. The minimum atomic E-state index is -0.717. The molecule has 0 saturated carbocycles. The highest BCUT2D eigenvalue weighted by Crippen LogP contribution is 2.25. The van der Waals surface area contributed by atoms with Gasteiger partial charge in [0.15, 0.2) is 11.3 Å². The average molecular weight is 260 g/mol. The Balaban J connectivity index is 3.23. The van der Waals surface area contributed by atoms with Crippen LogP contribution < -0.4 is 21.0 Å². The molecule has 1 heterocycles. The molecule has 0 radical (unpaired) electrons. The van der Waals surface area contributed by atoms with E-state index in [2.05, 4.69) is 16.0 Å². The van der Waals surface area contributed by atoms with Crippen LogP contribution >= 0.6 is 0 Å². The number of nitrogens with one attached hydrogen (secondary N) is 4. The lowest BCUT2D eigenvalue weighted by Crippen LogP contribution is -3.30. The Bertz CT molecular complexity index is 267. The number of hydrogen-bond acceptors (Lipinski definition) is 5. The molecular weight excluding hydrogens is 232 g/mol. The van der Waals surface area contributed by atoms with E-state index in [0.29, 0.717) is 19.3 Å². The van der Waals surface area contributed by atoms with Gasteiger partial charge in [0.1, 0.15) is 6.04 Å². The summed E-state index contributed by atoms with van der Waals surface area (Å²) in [6, 6.07) is -0.256. The maximum atomic E-state index is 12.9. The van der Waals surface area contributed by atoms with Crippen molar-refractivity contribution in [2.45, 2.75) is 56.6 Å². The largest absolute Gasteiger partial charge is 0.632 e. The first-order chi connectivity index (χ1) is 8.47. The highest BCUT2D eigenvalue weighted by atomic mass is 16.5. The van der Waals surface area contributed by atoms with E-state index < -0.39 is 17.4 Å². The van der Waals surface area contributed by atoms with E-state index in [1.165, 1.54) is 0 Å². The van der Waals surface area contributed by atoms with Crippen molar-refractivity contribution in [3.8, 4) is 0 Å². The zero-order chi connectivity index (χ0) is 14.0. The highest BCUT2D eigenvalue weighted by molar-refractivity contribution is 5.00. The van der Waals surface area contributed by atoms with Gasteiger partial charge < -0.3 is 20.7 Å². The van der Waals surface area contributed by atoms with Crippen LogP contribution in [0, 0.1) is 5.21 Å². The van der Waals surface area contributed by atoms with Crippen molar-refractivity contribution in [3.63, 3.8) is 0 Å². The van der Waals surface area contributed by atoms with Gasteiger partial charge >= 0.3 is 0 Å². The number of aliphatic hydroxyl groups excluding tert-OH is 1. The lowest BCUT2D eigenvalue weighted by atomic mass is 9.79. The molecule has 5 unspecified atom stereocenters. The molecule has 18 heavy (non-hydrogen) atoms. The molecule has 0 aromatic heterocycles. The van der Waals surface area contributed by atoms with Crippen LogP contribution in [0.1, 0.15) is 33.1 Å². The summed E-state index contributed by atoms with van der Waals surface area (Å²) in [7, 11) is 5.38. The Morgan fingerprint density at radius 3 is 2.17 bits per heavy atom. The summed E-state index contributed by atoms with van der Waals surface area (Å²) in [5.74, 6) is 0. The smallest absolute Gasteiger partial charge is 0.170 e. The van der Waals surface area contributed by atoms with E-state index in [1.54, 1.807) is 21.1 Å². The Morgan fingerprint density at radius 2 is 1.83 bits per heavy atom. The number of rotatable bonds is 5. The van der Waals surface area contributed by atoms with Crippen LogP contribution in [-0.4, -0.2) is 49.7 Å². The van der Waals surface area contributed by atoms with Crippen LogP contribution in [0.4, 0.5) is 0 Å². The molecule has 6 heteroatoms. The van der Waals surface area contributed by atoms with Crippen LogP contribution in [0.5, 0.6) is 0 Å². The SMILES string of the molecule is CCC1(NC)CC(O)C(NC)C(CC)(NC)[NH+]1[O-]. The molecule has 0 aromatic carbocycles. The van der Waals surface area contributed by atoms with E-state index in [-0.39, 0.29) is 11.1 Å². The van der Waals surface area contributed by atoms with E-state index in [0.717, 1.165) is 0 Å². The minimum Gasteiger partial charge on any atom is -0.632 e. The number of quaternary nitrogens is 1. The quantitative estimate of drug-likeness (QED) is 0.384. The maximum Gasteiger partial charge on any atom is 0.170 e. The Morgan fingerprint density at radius 1 is 1.22 bits per heavy atom. The molecule has 1 fully saturated rings. The highest BCUT2D eigenvalue weighted by Gasteiger charge is 2.57. The second-order valence-electron chi connectivity index (χ2n) is 5.13. The van der Waals surface area contributed by atoms with E-state index in [9.17, 15) is 10.3 Å². The van der Waals surface area contributed by atoms with Gasteiger partial charge in [0.25, 0.3) is 0 Å². The van der Waals surface area contributed by atoms with Crippen molar-refractivity contribution in [3.05, 3.63) is 5.21 Å². The van der Waals surface area contributed by atoms with E-state index >= 15 is 0 Å². The fourth-order valence-corrected chi connectivity index (χ4v) is 3.43. The van der Waals surface area contributed by atoms with Crippen LogP contribution in [-0.2, 0) is 0 Å². The molecule has 0 bridgehead atoms. The molecule has 0 aromatic rings. The molecule has 0 aliphatic carbocycles. The Hall–Kier alpha value is -0.240. The summed E-state index contributed by atoms with van der Waals surface area (Å²) >= 11 is 0. The molecule has 1 rings (SSSR count). The summed E-state index contributed by atoms with van der Waals surface area (Å²) in [5, 5.41) is 32.9. The summed E-state index contributed by atoms with van der Waals surface area (Å²) in [4.78, 5) is 0.